The zero-order chi connectivity index (χ0) is 29.9. The van der Waals surface area contributed by atoms with Crippen molar-refractivity contribution in [3.05, 3.63) is 117 Å². The molecule has 0 aliphatic rings. The summed E-state index contributed by atoms with van der Waals surface area (Å²) < 4.78 is 24.8. The number of carbonyl (C=O) groups excluding carboxylic acids is 2. The van der Waals surface area contributed by atoms with Crippen LogP contribution in [0.5, 0.6) is 0 Å². The van der Waals surface area contributed by atoms with Gasteiger partial charge in [0.25, 0.3) is 0 Å². The molecule has 16 nitrogen and oxygen atoms in total. The lowest BCUT2D eigenvalue weighted by Gasteiger charge is -2.26. The van der Waals surface area contributed by atoms with Crippen LogP contribution in [-0.2, 0) is 32.4 Å². The molecule has 0 radical (unpaired) electrons. The Balaban J connectivity index is 1.56. The maximum atomic E-state index is 12.7. The second kappa shape index (κ2) is 14.2. The number of nitrogens with zero attached hydrogens (tertiary/aromatic N) is 6. The van der Waals surface area contributed by atoms with Gasteiger partial charge in [-0.2, -0.15) is 0 Å². The average molecular weight is 581 g/mol. The number of esters is 2. The monoisotopic (exact) mass is 580 g/mol. The molecule has 0 spiro atoms. The predicted octanol–water partition coefficient (Wildman–Crippen LogP) is 3.00. The van der Waals surface area contributed by atoms with E-state index in [0.717, 1.165) is 9.13 Å². The second-order valence-electron chi connectivity index (χ2n) is 8.51. The van der Waals surface area contributed by atoms with E-state index in [1.807, 2.05) is 0 Å². The molecule has 0 bridgehead atoms. The van der Waals surface area contributed by atoms with Crippen molar-refractivity contribution in [3.63, 3.8) is 0 Å². The van der Waals surface area contributed by atoms with Crippen molar-refractivity contribution in [2.24, 2.45) is 0 Å². The van der Waals surface area contributed by atoms with Crippen LogP contribution in [0.4, 0.5) is 11.9 Å². The van der Waals surface area contributed by atoms with E-state index >= 15 is 0 Å². The van der Waals surface area contributed by atoms with Gasteiger partial charge in [-0.15, -0.1) is 0 Å². The molecule has 2 aromatic heterocycles. The zero-order valence-corrected chi connectivity index (χ0v) is 21.8. The van der Waals surface area contributed by atoms with Crippen molar-refractivity contribution in [2.75, 3.05) is 13.2 Å². The molecule has 2 aromatic carbocycles. The van der Waals surface area contributed by atoms with E-state index in [4.69, 9.17) is 18.9 Å². The molecule has 0 amide bonds. The Bertz CT molecular complexity index is 1390. The molecule has 2 heterocycles. The first-order valence-electron chi connectivity index (χ1n) is 12.3. The molecule has 2 atom stereocenters. The van der Waals surface area contributed by atoms with Gasteiger partial charge in [0.1, 0.15) is 50.2 Å². The van der Waals surface area contributed by atoms with Crippen LogP contribution in [0.3, 0.4) is 0 Å². The van der Waals surface area contributed by atoms with Gasteiger partial charge in [-0.05, 0) is 34.1 Å². The number of rotatable bonds is 15. The van der Waals surface area contributed by atoms with E-state index in [0.29, 0.717) is 0 Å². The number of imidazole rings is 2. The molecule has 16 heteroatoms. The van der Waals surface area contributed by atoms with E-state index in [-0.39, 0.29) is 11.1 Å². The third-order valence-corrected chi connectivity index (χ3v) is 5.76. The number of aromatic nitrogens is 4. The minimum absolute atomic E-state index is 0.253. The fourth-order valence-electron chi connectivity index (χ4n) is 3.66. The van der Waals surface area contributed by atoms with Crippen LogP contribution >= 0.6 is 0 Å². The maximum absolute atomic E-state index is 12.7. The molecule has 4 aromatic rings. The normalized spacial score (nSPS) is 12.3. The van der Waals surface area contributed by atoms with Crippen LogP contribution in [0.1, 0.15) is 20.7 Å². The van der Waals surface area contributed by atoms with Crippen LogP contribution in [0.2, 0.25) is 0 Å². The van der Waals surface area contributed by atoms with Crippen molar-refractivity contribution in [3.8, 4) is 0 Å². The van der Waals surface area contributed by atoms with Crippen LogP contribution in [0.25, 0.3) is 0 Å². The minimum Gasteiger partial charge on any atom is -0.459 e. The first-order valence-corrected chi connectivity index (χ1v) is 12.3. The largest absolute Gasteiger partial charge is 0.459 e. The number of nitro groups is 2. The smallest absolute Gasteiger partial charge is 0.436 e. The fraction of sp³-hybridized carbons (Fsp3) is 0.231. The average Bonchev–Trinajstić information content (AvgIpc) is 3.68. The Morgan fingerprint density at radius 3 is 1.43 bits per heavy atom. The van der Waals surface area contributed by atoms with Gasteiger partial charge in [-0.3, -0.25) is 0 Å². The number of hydrogen-bond acceptors (Lipinski definition) is 12. The highest BCUT2D eigenvalue weighted by Crippen LogP contribution is 2.16. The summed E-state index contributed by atoms with van der Waals surface area (Å²) in [5.41, 5.74) is 0.507. The Labute approximate surface area is 237 Å². The summed E-state index contributed by atoms with van der Waals surface area (Å²) in [6, 6.07) is 16.2. The lowest BCUT2D eigenvalue weighted by molar-refractivity contribution is -0.398. The molecule has 4 rings (SSSR count). The molecule has 0 N–H and O–H groups in total. The summed E-state index contributed by atoms with van der Waals surface area (Å²) in [4.78, 5) is 53.9. The van der Waals surface area contributed by atoms with Crippen molar-refractivity contribution in [1.29, 1.82) is 0 Å². The van der Waals surface area contributed by atoms with Gasteiger partial charge >= 0.3 is 23.8 Å². The third-order valence-electron chi connectivity index (χ3n) is 5.76. The maximum Gasteiger partial charge on any atom is 0.436 e. The summed E-state index contributed by atoms with van der Waals surface area (Å²) in [5, 5.41) is 22.6. The summed E-state index contributed by atoms with van der Waals surface area (Å²) in [6.45, 7) is -1.70. The van der Waals surface area contributed by atoms with Gasteiger partial charge in [0.05, 0.1) is 11.1 Å². The Morgan fingerprint density at radius 1 is 0.690 bits per heavy atom. The molecule has 0 saturated heterocycles. The van der Waals surface area contributed by atoms with Crippen molar-refractivity contribution < 1.29 is 38.4 Å². The summed E-state index contributed by atoms with van der Waals surface area (Å²) in [5.74, 6) is -2.39. The van der Waals surface area contributed by atoms with Gasteiger partial charge in [0.2, 0.25) is 0 Å². The highest BCUT2D eigenvalue weighted by molar-refractivity contribution is 5.89. The molecule has 0 fully saturated rings. The Hall–Kier alpha value is -5.48. The zero-order valence-electron chi connectivity index (χ0n) is 21.8. The minimum atomic E-state index is -1.18. The standard InChI is InChI=1S/C26H24N6O10/c33-23(19-7-3-1-4-8-19)39-15-21(41-17-29-13-11-27-25(29)31(35)36)22(16-40-24(34)20-9-5-2-6-10-20)42-18-30-14-12-28-26(30)32(37)38/h1-14,21-22H,15-18H2. The van der Waals surface area contributed by atoms with E-state index in [1.54, 1.807) is 60.7 Å². The molecule has 42 heavy (non-hydrogen) atoms. The molecule has 0 saturated carbocycles. The van der Waals surface area contributed by atoms with Crippen molar-refractivity contribution in [2.45, 2.75) is 25.7 Å². The van der Waals surface area contributed by atoms with E-state index < -0.39 is 72.6 Å². The van der Waals surface area contributed by atoms with Gasteiger partial charge < -0.3 is 39.2 Å². The van der Waals surface area contributed by atoms with Crippen LogP contribution < -0.4 is 0 Å². The summed E-state index contributed by atoms with van der Waals surface area (Å²) >= 11 is 0. The third kappa shape index (κ3) is 7.80. The number of hydrogen-bond donors (Lipinski definition) is 0. The highest BCUT2D eigenvalue weighted by atomic mass is 16.6. The quantitative estimate of drug-likeness (QED) is 0.113. The van der Waals surface area contributed by atoms with Gasteiger partial charge in [0, 0.05) is 0 Å². The topological polar surface area (TPSA) is 193 Å². The molecular weight excluding hydrogens is 556 g/mol. The van der Waals surface area contributed by atoms with Crippen LogP contribution in [-0.4, -0.2) is 66.3 Å². The number of carbonyl (C=O) groups is 2. The van der Waals surface area contributed by atoms with E-state index in [2.05, 4.69) is 9.97 Å². The van der Waals surface area contributed by atoms with Crippen molar-refractivity contribution in [1.82, 2.24) is 19.1 Å². The Kier molecular flexibility index (Phi) is 10.0. The molecule has 0 aliphatic carbocycles. The fourth-order valence-corrected chi connectivity index (χ4v) is 3.66. The SMILES string of the molecule is O=C(OCC(OCn1ccnc1[N+](=O)[O-])C(COC(=O)c1ccccc1)OCn1ccnc1[N+](=O)[O-])c1ccccc1. The molecule has 2 unspecified atom stereocenters. The molecule has 218 valence electrons. The first kappa shape index (κ1) is 29.5. The summed E-state index contributed by atoms with van der Waals surface area (Å²) in [7, 11) is 0. The van der Waals surface area contributed by atoms with Gasteiger partial charge in [-0.1, -0.05) is 46.4 Å². The second-order valence-corrected chi connectivity index (χ2v) is 8.51. The van der Waals surface area contributed by atoms with Crippen LogP contribution in [0.15, 0.2) is 85.5 Å². The van der Waals surface area contributed by atoms with E-state index in [9.17, 15) is 29.8 Å². The highest BCUT2D eigenvalue weighted by Gasteiger charge is 2.30. The van der Waals surface area contributed by atoms with Gasteiger partial charge in [0.15, 0.2) is 13.5 Å². The van der Waals surface area contributed by atoms with Gasteiger partial charge in [-0.25, -0.2) is 18.7 Å². The van der Waals surface area contributed by atoms with Crippen molar-refractivity contribution >= 4 is 23.8 Å². The lowest BCUT2D eigenvalue weighted by Crippen LogP contribution is -2.41. The number of benzene rings is 2. The van der Waals surface area contributed by atoms with E-state index in [1.165, 1.54) is 24.8 Å². The number of ether oxygens (including phenoxy) is 4. The first-order chi connectivity index (χ1) is 20.3. The summed E-state index contributed by atoms with van der Waals surface area (Å²) in [6.07, 6.45) is 2.69. The lowest BCUT2D eigenvalue weighted by atomic mass is 10.2. The molecule has 0 aliphatic heterocycles. The van der Waals surface area contributed by atoms with Crippen LogP contribution in [0, 0.1) is 20.2 Å². The predicted molar refractivity (Wildman–Crippen MR) is 141 cm³/mol. The Morgan fingerprint density at radius 2 is 1.07 bits per heavy atom. The molecular formula is C26H24N6O10.